The van der Waals surface area contributed by atoms with Crippen LogP contribution in [0.25, 0.3) is 0 Å². The van der Waals surface area contributed by atoms with E-state index in [9.17, 15) is 4.79 Å². The van der Waals surface area contributed by atoms with E-state index in [-0.39, 0.29) is 24.8 Å². The fraction of sp³-hybridized carbons (Fsp3) is 0.909. The van der Waals surface area contributed by atoms with E-state index in [0.29, 0.717) is 12.6 Å². The molecule has 0 aliphatic carbocycles. The van der Waals surface area contributed by atoms with Crippen molar-refractivity contribution < 1.29 is 19.0 Å². The summed E-state index contributed by atoms with van der Waals surface area (Å²) in [4.78, 5) is 13.3. The number of likely N-dealkylation sites (tertiary alicyclic amines) is 1. The first-order chi connectivity index (χ1) is 7.70. The highest BCUT2D eigenvalue weighted by molar-refractivity contribution is 5.69. The van der Waals surface area contributed by atoms with Gasteiger partial charge in [-0.2, -0.15) is 0 Å². The van der Waals surface area contributed by atoms with Crippen LogP contribution in [0.4, 0.5) is 0 Å². The summed E-state index contributed by atoms with van der Waals surface area (Å²) in [5.74, 6) is -0.242. The van der Waals surface area contributed by atoms with E-state index >= 15 is 0 Å². The van der Waals surface area contributed by atoms with Gasteiger partial charge in [0.2, 0.25) is 0 Å². The van der Waals surface area contributed by atoms with Crippen molar-refractivity contribution in [1.82, 2.24) is 4.90 Å². The Morgan fingerprint density at radius 2 is 2.38 bits per heavy atom. The number of esters is 1. The molecule has 2 heterocycles. The van der Waals surface area contributed by atoms with Crippen molar-refractivity contribution in [1.29, 1.82) is 0 Å². The second-order valence-electron chi connectivity index (χ2n) is 4.43. The topological polar surface area (TPSA) is 48.0 Å². The standard InChI is InChI=1S/C11H19NO4/c1-12-5-3-4-9(12)11-15-7-8(16-11)6-10(13)14-2/h8-9,11H,3-7H2,1-2H3. The molecule has 0 bridgehead atoms. The third kappa shape index (κ3) is 2.53. The molecule has 0 aromatic carbocycles. The summed E-state index contributed by atoms with van der Waals surface area (Å²) >= 11 is 0. The Labute approximate surface area is 95.6 Å². The molecule has 3 unspecified atom stereocenters. The lowest BCUT2D eigenvalue weighted by Gasteiger charge is -2.24. The van der Waals surface area contributed by atoms with Gasteiger partial charge in [-0.15, -0.1) is 0 Å². The number of likely N-dealkylation sites (N-methyl/N-ethyl adjacent to an activating group) is 1. The molecule has 0 aromatic heterocycles. The van der Waals surface area contributed by atoms with Gasteiger partial charge in [0.05, 0.1) is 32.3 Å². The summed E-state index contributed by atoms with van der Waals surface area (Å²) in [6, 6.07) is 0.336. The van der Waals surface area contributed by atoms with Crippen LogP contribution in [0.2, 0.25) is 0 Å². The third-order valence-corrected chi connectivity index (χ3v) is 3.29. The molecule has 0 aromatic rings. The average molecular weight is 229 g/mol. The predicted molar refractivity (Wildman–Crippen MR) is 56.9 cm³/mol. The lowest BCUT2D eigenvalue weighted by molar-refractivity contribution is -0.145. The van der Waals surface area contributed by atoms with Gasteiger partial charge in [0.15, 0.2) is 6.29 Å². The monoisotopic (exact) mass is 229 g/mol. The second kappa shape index (κ2) is 5.12. The zero-order chi connectivity index (χ0) is 11.5. The molecule has 2 rings (SSSR count). The molecule has 0 N–H and O–H groups in total. The zero-order valence-electron chi connectivity index (χ0n) is 9.85. The molecule has 2 fully saturated rings. The Kier molecular flexibility index (Phi) is 3.78. The highest BCUT2D eigenvalue weighted by Crippen LogP contribution is 2.26. The maximum absolute atomic E-state index is 11.1. The fourth-order valence-corrected chi connectivity index (χ4v) is 2.33. The van der Waals surface area contributed by atoms with Gasteiger partial charge in [0.25, 0.3) is 0 Å². The van der Waals surface area contributed by atoms with Crippen LogP contribution in [-0.4, -0.2) is 56.6 Å². The van der Waals surface area contributed by atoms with Crippen LogP contribution in [0.1, 0.15) is 19.3 Å². The van der Waals surface area contributed by atoms with Gasteiger partial charge >= 0.3 is 5.97 Å². The Morgan fingerprint density at radius 1 is 1.56 bits per heavy atom. The molecule has 2 aliphatic rings. The van der Waals surface area contributed by atoms with Crippen molar-refractivity contribution in [3.63, 3.8) is 0 Å². The maximum Gasteiger partial charge on any atom is 0.308 e. The first-order valence-electron chi connectivity index (χ1n) is 5.75. The third-order valence-electron chi connectivity index (χ3n) is 3.29. The lowest BCUT2D eigenvalue weighted by Crippen LogP contribution is -2.37. The van der Waals surface area contributed by atoms with Gasteiger partial charge in [-0.3, -0.25) is 9.69 Å². The van der Waals surface area contributed by atoms with Gasteiger partial charge in [-0.25, -0.2) is 0 Å². The molecule has 16 heavy (non-hydrogen) atoms. The summed E-state index contributed by atoms with van der Waals surface area (Å²) in [5, 5.41) is 0. The molecule has 2 aliphatic heterocycles. The van der Waals surface area contributed by atoms with Gasteiger partial charge in [-0.05, 0) is 26.4 Å². The molecule has 0 saturated carbocycles. The highest BCUT2D eigenvalue weighted by atomic mass is 16.7. The number of hydrogen-bond donors (Lipinski definition) is 0. The molecular formula is C11H19NO4. The van der Waals surface area contributed by atoms with Crippen LogP contribution in [0.5, 0.6) is 0 Å². The van der Waals surface area contributed by atoms with E-state index in [2.05, 4.69) is 16.7 Å². The van der Waals surface area contributed by atoms with E-state index in [1.165, 1.54) is 13.5 Å². The smallest absolute Gasteiger partial charge is 0.308 e. The summed E-state index contributed by atoms with van der Waals surface area (Å²) in [6.45, 7) is 1.58. The molecule has 2 saturated heterocycles. The van der Waals surface area contributed by atoms with Crippen molar-refractivity contribution in [2.24, 2.45) is 0 Å². The number of rotatable bonds is 3. The first-order valence-corrected chi connectivity index (χ1v) is 5.75. The Balaban J connectivity index is 1.81. The molecule has 92 valence electrons. The van der Waals surface area contributed by atoms with Crippen LogP contribution < -0.4 is 0 Å². The van der Waals surface area contributed by atoms with Gasteiger partial charge in [-0.1, -0.05) is 0 Å². The Morgan fingerprint density at radius 3 is 3.00 bits per heavy atom. The SMILES string of the molecule is COC(=O)CC1COC(C2CCCN2C)O1. The van der Waals surface area contributed by atoms with Crippen molar-refractivity contribution in [3.05, 3.63) is 0 Å². The van der Waals surface area contributed by atoms with Crippen molar-refractivity contribution in [2.75, 3.05) is 27.3 Å². The van der Waals surface area contributed by atoms with Crippen LogP contribution >= 0.6 is 0 Å². The van der Waals surface area contributed by atoms with Crippen LogP contribution in [0.3, 0.4) is 0 Å². The van der Waals surface area contributed by atoms with Gasteiger partial charge in [0, 0.05) is 0 Å². The summed E-state index contributed by atoms with van der Waals surface area (Å²) in [7, 11) is 3.47. The number of hydrogen-bond acceptors (Lipinski definition) is 5. The van der Waals surface area contributed by atoms with Crippen LogP contribution in [0.15, 0.2) is 0 Å². The minimum Gasteiger partial charge on any atom is -0.469 e. The normalized spacial score (nSPS) is 35.5. The molecule has 3 atom stereocenters. The summed E-state index contributed by atoms with van der Waals surface area (Å²) in [5.41, 5.74) is 0. The van der Waals surface area contributed by atoms with Crippen LogP contribution in [-0.2, 0) is 19.0 Å². The van der Waals surface area contributed by atoms with Gasteiger partial charge in [0.1, 0.15) is 0 Å². The molecule has 5 heteroatoms. The van der Waals surface area contributed by atoms with Crippen LogP contribution in [0, 0.1) is 0 Å². The highest BCUT2D eigenvalue weighted by Gasteiger charge is 2.37. The van der Waals surface area contributed by atoms with E-state index in [1.54, 1.807) is 0 Å². The van der Waals surface area contributed by atoms with E-state index < -0.39 is 0 Å². The zero-order valence-corrected chi connectivity index (χ0v) is 9.85. The minimum atomic E-state index is -0.242. The Hall–Kier alpha value is -0.650. The Bertz CT molecular complexity index is 258. The number of nitrogens with zero attached hydrogens (tertiary/aromatic N) is 1. The predicted octanol–water partition coefficient (Wildman–Crippen LogP) is 0.385. The molecule has 0 amide bonds. The van der Waals surface area contributed by atoms with E-state index in [1.807, 2.05) is 0 Å². The van der Waals surface area contributed by atoms with Crippen molar-refractivity contribution >= 4 is 5.97 Å². The first kappa shape index (κ1) is 11.8. The quantitative estimate of drug-likeness (QED) is 0.655. The molecule has 0 radical (unpaired) electrons. The fourth-order valence-electron chi connectivity index (χ4n) is 2.33. The molecule has 5 nitrogen and oxygen atoms in total. The largest absolute Gasteiger partial charge is 0.469 e. The van der Waals surface area contributed by atoms with E-state index in [4.69, 9.17) is 9.47 Å². The molecule has 0 spiro atoms. The van der Waals surface area contributed by atoms with Crippen molar-refractivity contribution in [2.45, 2.75) is 37.7 Å². The number of carbonyl (C=O) groups is 1. The van der Waals surface area contributed by atoms with Gasteiger partial charge < -0.3 is 14.2 Å². The summed E-state index contributed by atoms with van der Waals surface area (Å²) < 4.78 is 15.9. The molecular weight excluding hydrogens is 210 g/mol. The average Bonchev–Trinajstić information content (AvgIpc) is 2.86. The number of methoxy groups -OCH3 is 1. The number of carbonyl (C=O) groups excluding carboxylic acids is 1. The summed E-state index contributed by atoms with van der Waals surface area (Å²) in [6.07, 6.45) is 2.25. The minimum absolute atomic E-state index is 0.147. The maximum atomic E-state index is 11.1. The second-order valence-corrected chi connectivity index (χ2v) is 4.43. The lowest BCUT2D eigenvalue weighted by atomic mass is 10.2. The number of ether oxygens (including phenoxy) is 3. The van der Waals surface area contributed by atoms with Crippen molar-refractivity contribution in [3.8, 4) is 0 Å². The van der Waals surface area contributed by atoms with E-state index in [0.717, 1.165) is 13.0 Å².